The van der Waals surface area contributed by atoms with Crippen molar-refractivity contribution in [2.24, 2.45) is 0 Å². The summed E-state index contributed by atoms with van der Waals surface area (Å²) in [6, 6.07) is 8.66. The second-order valence-electron chi connectivity index (χ2n) is 3.58. The molecule has 0 radical (unpaired) electrons. The molecule has 1 aliphatic rings. The van der Waals surface area contributed by atoms with E-state index < -0.39 is 0 Å². The summed E-state index contributed by atoms with van der Waals surface area (Å²) in [6.45, 7) is 4.45. The maximum absolute atomic E-state index is 2.34. The summed E-state index contributed by atoms with van der Waals surface area (Å²) in [5.41, 5.74) is 4.29. The van der Waals surface area contributed by atoms with Gasteiger partial charge in [-0.15, -0.1) is 0 Å². The average molecular weight is 191 g/mol. The first kappa shape index (κ1) is 8.28. The molecule has 0 saturated carbocycles. The SMILES string of the molecule is CC1=C[C](C)([Ti])c2ccccc21. The second-order valence-corrected chi connectivity index (χ2v) is 5.20. The Morgan fingerprint density at radius 2 is 1.92 bits per heavy atom. The van der Waals surface area contributed by atoms with E-state index >= 15 is 0 Å². The number of rotatable bonds is 0. The van der Waals surface area contributed by atoms with Crippen molar-refractivity contribution in [3.8, 4) is 0 Å². The molecule has 1 heteroatoms. The van der Waals surface area contributed by atoms with Gasteiger partial charge in [0.15, 0.2) is 0 Å². The summed E-state index contributed by atoms with van der Waals surface area (Å²) < 4.78 is 0.237. The van der Waals surface area contributed by atoms with Gasteiger partial charge < -0.3 is 0 Å². The third-order valence-electron chi connectivity index (χ3n) is 2.42. The Morgan fingerprint density at radius 1 is 1.25 bits per heavy atom. The molecule has 59 valence electrons. The van der Waals surface area contributed by atoms with E-state index in [-0.39, 0.29) is 3.72 Å². The van der Waals surface area contributed by atoms with Crippen molar-refractivity contribution in [3.63, 3.8) is 0 Å². The Morgan fingerprint density at radius 3 is 2.58 bits per heavy atom. The van der Waals surface area contributed by atoms with Gasteiger partial charge >= 0.3 is 85.0 Å². The number of fused-ring (bicyclic) bond motifs is 1. The molecule has 0 aromatic heterocycles. The van der Waals surface area contributed by atoms with Gasteiger partial charge in [0.1, 0.15) is 0 Å². The number of hydrogen-bond acceptors (Lipinski definition) is 0. The average Bonchev–Trinajstić information content (AvgIpc) is 2.25. The molecule has 0 nitrogen and oxygen atoms in total. The van der Waals surface area contributed by atoms with Crippen LogP contribution >= 0.6 is 0 Å². The van der Waals surface area contributed by atoms with Gasteiger partial charge in [0.25, 0.3) is 0 Å². The Kier molecular flexibility index (Phi) is 1.78. The van der Waals surface area contributed by atoms with Crippen LogP contribution in [-0.2, 0) is 24.2 Å². The normalized spacial score (nSPS) is 26.6. The fraction of sp³-hybridized carbons (Fsp3) is 0.273. The summed E-state index contributed by atoms with van der Waals surface area (Å²) in [4.78, 5) is 0. The van der Waals surface area contributed by atoms with Gasteiger partial charge in [-0.2, -0.15) is 0 Å². The van der Waals surface area contributed by atoms with E-state index in [1.54, 1.807) is 0 Å². The van der Waals surface area contributed by atoms with Crippen LogP contribution in [0.25, 0.3) is 5.57 Å². The molecule has 0 saturated heterocycles. The molecule has 0 heterocycles. The van der Waals surface area contributed by atoms with Crippen molar-refractivity contribution >= 4 is 5.57 Å². The molecule has 0 aliphatic heterocycles. The first-order valence-corrected chi connectivity index (χ1v) is 4.94. The Labute approximate surface area is 85.1 Å². The molecule has 1 atom stereocenters. The van der Waals surface area contributed by atoms with Gasteiger partial charge in [0, 0.05) is 0 Å². The van der Waals surface area contributed by atoms with Crippen molar-refractivity contribution in [2.45, 2.75) is 17.6 Å². The first-order valence-electron chi connectivity index (χ1n) is 4.15. The molecule has 1 unspecified atom stereocenters. The molecule has 1 aromatic rings. The van der Waals surface area contributed by atoms with Crippen molar-refractivity contribution in [1.82, 2.24) is 0 Å². The van der Waals surface area contributed by atoms with Gasteiger partial charge in [-0.25, -0.2) is 0 Å². The number of benzene rings is 1. The van der Waals surface area contributed by atoms with Crippen LogP contribution in [0.4, 0.5) is 0 Å². The molecule has 0 bridgehead atoms. The Balaban J connectivity index is 2.68. The van der Waals surface area contributed by atoms with Gasteiger partial charge in [0.05, 0.1) is 0 Å². The van der Waals surface area contributed by atoms with Crippen LogP contribution in [0.15, 0.2) is 30.3 Å². The minimum atomic E-state index is 0.237. The zero-order valence-electron chi connectivity index (χ0n) is 7.39. The third-order valence-corrected chi connectivity index (χ3v) is 3.06. The zero-order chi connectivity index (χ0) is 8.77. The van der Waals surface area contributed by atoms with Crippen LogP contribution in [0, 0.1) is 0 Å². The third kappa shape index (κ3) is 1.10. The molecule has 0 fully saturated rings. The summed E-state index contributed by atoms with van der Waals surface area (Å²) in [5, 5.41) is 0. The summed E-state index contributed by atoms with van der Waals surface area (Å²) >= 11 is 2.27. The topological polar surface area (TPSA) is 0 Å². The first-order chi connectivity index (χ1) is 5.61. The standard InChI is InChI=1S/C11H11.Ti/c1-8-7-9(2)11-6-4-3-5-10(8)11;/h3-7H,1-2H3;. The van der Waals surface area contributed by atoms with E-state index in [2.05, 4.69) is 64.6 Å². The van der Waals surface area contributed by atoms with Crippen LogP contribution in [0.2, 0.25) is 0 Å². The van der Waals surface area contributed by atoms with Crippen molar-refractivity contribution in [1.29, 1.82) is 0 Å². The van der Waals surface area contributed by atoms with E-state index in [1.165, 1.54) is 16.7 Å². The summed E-state index contributed by atoms with van der Waals surface area (Å²) in [6.07, 6.45) is 2.34. The summed E-state index contributed by atoms with van der Waals surface area (Å²) in [7, 11) is 0. The van der Waals surface area contributed by atoms with Gasteiger partial charge in [-0.05, 0) is 0 Å². The monoisotopic (exact) mass is 191 g/mol. The van der Waals surface area contributed by atoms with Crippen LogP contribution in [-0.4, -0.2) is 0 Å². The summed E-state index contributed by atoms with van der Waals surface area (Å²) in [5.74, 6) is 0. The van der Waals surface area contributed by atoms with E-state index in [0.717, 1.165) is 0 Å². The van der Waals surface area contributed by atoms with Crippen LogP contribution in [0.3, 0.4) is 0 Å². The van der Waals surface area contributed by atoms with Crippen LogP contribution < -0.4 is 0 Å². The minimum absolute atomic E-state index is 0.237. The number of allylic oxidation sites excluding steroid dienone is 2. The zero-order valence-corrected chi connectivity index (χ0v) is 8.95. The predicted octanol–water partition coefficient (Wildman–Crippen LogP) is 2.87. The second kappa shape index (κ2) is 2.58. The van der Waals surface area contributed by atoms with Gasteiger partial charge in [-0.1, -0.05) is 0 Å². The molecular formula is C11H11Ti. The van der Waals surface area contributed by atoms with Crippen molar-refractivity contribution in [2.75, 3.05) is 0 Å². The van der Waals surface area contributed by atoms with Crippen molar-refractivity contribution in [3.05, 3.63) is 41.5 Å². The Hall–Kier alpha value is -0.326. The molecule has 1 aliphatic carbocycles. The maximum atomic E-state index is 2.34. The van der Waals surface area contributed by atoms with E-state index in [4.69, 9.17) is 0 Å². The van der Waals surface area contributed by atoms with Crippen LogP contribution in [0.5, 0.6) is 0 Å². The van der Waals surface area contributed by atoms with Gasteiger partial charge in [0.2, 0.25) is 0 Å². The molecule has 12 heavy (non-hydrogen) atoms. The van der Waals surface area contributed by atoms with E-state index in [0.29, 0.717) is 0 Å². The quantitative estimate of drug-likeness (QED) is 0.553. The van der Waals surface area contributed by atoms with E-state index in [1.807, 2.05) is 0 Å². The molecule has 1 aromatic carbocycles. The molecule has 2 rings (SSSR count). The molecule has 0 N–H and O–H groups in total. The fourth-order valence-corrected chi connectivity index (χ4v) is 2.55. The predicted molar refractivity (Wildman–Crippen MR) is 47.4 cm³/mol. The fourth-order valence-electron chi connectivity index (χ4n) is 1.87. The van der Waals surface area contributed by atoms with Gasteiger partial charge in [-0.3, -0.25) is 0 Å². The Bertz CT molecular complexity index is 348. The molecule has 0 amide bonds. The number of hydrogen-bond donors (Lipinski definition) is 0. The van der Waals surface area contributed by atoms with Crippen molar-refractivity contribution < 1.29 is 20.4 Å². The molecular weight excluding hydrogens is 180 g/mol. The molecule has 0 spiro atoms. The van der Waals surface area contributed by atoms with E-state index in [9.17, 15) is 0 Å². The van der Waals surface area contributed by atoms with Crippen LogP contribution in [0.1, 0.15) is 25.0 Å².